The van der Waals surface area contributed by atoms with Crippen LogP contribution in [0, 0.1) is 6.92 Å². The summed E-state index contributed by atoms with van der Waals surface area (Å²) in [5.74, 6) is 0.988. The summed E-state index contributed by atoms with van der Waals surface area (Å²) in [7, 11) is 0. The number of nitrogens with zero attached hydrogens (tertiary/aromatic N) is 1. The Kier molecular flexibility index (Phi) is 7.76. The van der Waals surface area contributed by atoms with Crippen molar-refractivity contribution in [1.29, 1.82) is 0 Å². The SMILES string of the molecule is CCN1C=C(C2(OCc3cc(C)c(CCCCN)cc3Cl)CC2)C(c2ccccc2OC2CC2)=CC1. The van der Waals surface area contributed by atoms with Gasteiger partial charge in [0.05, 0.1) is 18.3 Å². The van der Waals surface area contributed by atoms with E-state index in [4.69, 9.17) is 26.8 Å². The van der Waals surface area contributed by atoms with Gasteiger partial charge < -0.3 is 20.1 Å². The van der Waals surface area contributed by atoms with Crippen LogP contribution in [-0.4, -0.2) is 36.2 Å². The van der Waals surface area contributed by atoms with Crippen molar-refractivity contribution in [2.24, 2.45) is 5.73 Å². The molecular weight excluding hydrogens is 468 g/mol. The Morgan fingerprint density at radius 1 is 1.11 bits per heavy atom. The number of halogens is 1. The van der Waals surface area contributed by atoms with Crippen LogP contribution >= 0.6 is 11.6 Å². The van der Waals surface area contributed by atoms with Crippen LogP contribution in [0.4, 0.5) is 0 Å². The first kappa shape index (κ1) is 25.4. The first-order valence-electron chi connectivity index (χ1n) is 13.6. The molecule has 2 aliphatic carbocycles. The summed E-state index contributed by atoms with van der Waals surface area (Å²) in [5, 5.41) is 0.797. The highest BCUT2D eigenvalue weighted by Gasteiger charge is 2.50. The summed E-state index contributed by atoms with van der Waals surface area (Å²) in [4.78, 5) is 2.36. The standard InChI is InChI=1S/C31H39ClN2O2/c1-3-34-17-13-26(27-9-4-5-10-30(27)36-25-11-12-25)28(20-34)31(14-15-31)35-21-24-18-22(2)23(19-29(24)32)8-6-7-16-33/h4-5,9-10,13,18-20,25H,3,6-8,11-12,14-17,21,33H2,1-2H3. The third kappa shape index (κ3) is 5.66. The molecule has 1 aliphatic heterocycles. The van der Waals surface area contributed by atoms with Crippen molar-refractivity contribution in [2.45, 2.75) is 77.1 Å². The molecule has 3 aliphatic rings. The summed E-state index contributed by atoms with van der Waals surface area (Å²) in [6, 6.07) is 12.8. The van der Waals surface area contributed by atoms with Crippen molar-refractivity contribution >= 4 is 17.2 Å². The van der Waals surface area contributed by atoms with Crippen molar-refractivity contribution in [2.75, 3.05) is 19.6 Å². The molecule has 36 heavy (non-hydrogen) atoms. The lowest BCUT2D eigenvalue weighted by molar-refractivity contribution is 0.0473. The molecule has 0 amide bonds. The fourth-order valence-corrected chi connectivity index (χ4v) is 5.30. The Morgan fingerprint density at radius 2 is 1.92 bits per heavy atom. The topological polar surface area (TPSA) is 47.7 Å². The maximum absolute atomic E-state index is 6.74. The minimum atomic E-state index is -0.274. The highest BCUT2D eigenvalue weighted by atomic mass is 35.5. The quantitative estimate of drug-likeness (QED) is 0.321. The third-order valence-corrected chi connectivity index (χ3v) is 7.99. The highest BCUT2D eigenvalue weighted by Crippen LogP contribution is 2.53. The zero-order chi connectivity index (χ0) is 25.1. The van der Waals surface area contributed by atoms with Gasteiger partial charge in [-0.05, 0) is 99.7 Å². The molecular formula is C31H39ClN2O2. The molecule has 2 saturated carbocycles. The van der Waals surface area contributed by atoms with Gasteiger partial charge in [0.15, 0.2) is 0 Å². The van der Waals surface area contributed by atoms with Gasteiger partial charge in [-0.2, -0.15) is 0 Å². The highest BCUT2D eigenvalue weighted by molar-refractivity contribution is 6.31. The molecule has 0 spiro atoms. The number of benzene rings is 2. The molecule has 0 atom stereocenters. The number of rotatable bonds is 12. The Bertz CT molecular complexity index is 1150. The molecule has 0 bridgehead atoms. The van der Waals surface area contributed by atoms with Gasteiger partial charge in [0.2, 0.25) is 0 Å². The average molecular weight is 507 g/mol. The first-order valence-corrected chi connectivity index (χ1v) is 14.0. The van der Waals surface area contributed by atoms with Gasteiger partial charge in [-0.25, -0.2) is 0 Å². The summed E-state index contributed by atoms with van der Waals surface area (Å²) in [5.41, 5.74) is 12.8. The lowest BCUT2D eigenvalue weighted by Gasteiger charge is -2.31. The number of hydrogen-bond donors (Lipinski definition) is 1. The van der Waals surface area contributed by atoms with Crippen LogP contribution in [0.1, 0.15) is 67.7 Å². The Balaban J connectivity index is 1.36. The Labute approximate surface area is 221 Å². The number of ether oxygens (including phenoxy) is 2. The van der Waals surface area contributed by atoms with Crippen molar-refractivity contribution in [3.05, 3.63) is 81.5 Å². The second kappa shape index (κ2) is 11.0. The molecule has 4 nitrogen and oxygen atoms in total. The number of likely N-dealkylation sites (N-methyl/N-ethyl adjacent to an activating group) is 1. The summed E-state index contributed by atoms with van der Waals surface area (Å²) >= 11 is 6.74. The predicted octanol–water partition coefficient (Wildman–Crippen LogP) is 6.82. The van der Waals surface area contributed by atoms with Crippen LogP contribution in [0.25, 0.3) is 5.57 Å². The molecule has 1 heterocycles. The van der Waals surface area contributed by atoms with Crippen molar-refractivity contribution in [3.8, 4) is 5.75 Å². The van der Waals surface area contributed by atoms with Gasteiger partial charge in [0, 0.05) is 35.4 Å². The Morgan fingerprint density at radius 3 is 2.64 bits per heavy atom. The van der Waals surface area contributed by atoms with Gasteiger partial charge in [-0.3, -0.25) is 0 Å². The van der Waals surface area contributed by atoms with Crippen molar-refractivity contribution < 1.29 is 9.47 Å². The molecule has 0 aromatic heterocycles. The van der Waals surface area contributed by atoms with Gasteiger partial charge in [0.1, 0.15) is 5.75 Å². The summed E-state index contributed by atoms with van der Waals surface area (Å²) in [6.45, 7) is 7.50. The first-order chi connectivity index (χ1) is 17.5. The van der Waals surface area contributed by atoms with E-state index in [9.17, 15) is 0 Å². The lowest BCUT2D eigenvalue weighted by Crippen LogP contribution is -2.28. The molecule has 5 rings (SSSR count). The van der Waals surface area contributed by atoms with Crippen molar-refractivity contribution in [1.82, 2.24) is 4.90 Å². The smallest absolute Gasteiger partial charge is 0.127 e. The monoisotopic (exact) mass is 506 g/mol. The fraction of sp³-hybridized carbons (Fsp3) is 0.484. The van der Waals surface area contributed by atoms with Gasteiger partial charge in [-0.15, -0.1) is 0 Å². The molecule has 2 aromatic rings. The molecule has 5 heteroatoms. The van der Waals surface area contributed by atoms with Crippen LogP contribution in [0.3, 0.4) is 0 Å². The number of para-hydroxylation sites is 1. The molecule has 192 valence electrons. The summed E-state index contributed by atoms with van der Waals surface area (Å²) in [6.07, 6.45) is 12.5. The molecule has 0 saturated heterocycles. The van der Waals surface area contributed by atoms with Gasteiger partial charge in [-0.1, -0.05) is 41.9 Å². The number of aryl methyl sites for hydroxylation is 2. The minimum absolute atomic E-state index is 0.274. The van der Waals surface area contributed by atoms with Crippen LogP contribution in [0.5, 0.6) is 5.75 Å². The summed E-state index contributed by atoms with van der Waals surface area (Å²) < 4.78 is 13.0. The van der Waals surface area contributed by atoms with E-state index in [0.29, 0.717) is 12.7 Å². The Hall–Kier alpha value is -2.27. The van der Waals surface area contributed by atoms with E-state index >= 15 is 0 Å². The van der Waals surface area contributed by atoms with Crippen LogP contribution in [-0.2, 0) is 17.8 Å². The molecule has 0 unspecified atom stereocenters. The third-order valence-electron chi connectivity index (χ3n) is 7.64. The van der Waals surface area contributed by atoms with Crippen molar-refractivity contribution in [3.63, 3.8) is 0 Å². The number of unbranched alkanes of at least 4 members (excludes halogenated alkanes) is 1. The molecule has 2 N–H and O–H groups in total. The normalized spacial score (nSPS) is 18.6. The van der Waals surface area contributed by atoms with Crippen LogP contribution in [0.15, 0.2) is 54.2 Å². The van der Waals surface area contributed by atoms with E-state index in [-0.39, 0.29) is 5.60 Å². The lowest BCUT2D eigenvalue weighted by atomic mass is 9.90. The maximum atomic E-state index is 6.74. The fourth-order valence-electron chi connectivity index (χ4n) is 5.06. The maximum Gasteiger partial charge on any atom is 0.127 e. The van der Waals surface area contributed by atoms with E-state index in [1.165, 1.54) is 27.8 Å². The predicted molar refractivity (Wildman–Crippen MR) is 148 cm³/mol. The second-order valence-corrected chi connectivity index (χ2v) is 10.9. The van der Waals surface area contributed by atoms with E-state index in [1.54, 1.807) is 0 Å². The van der Waals surface area contributed by atoms with Crippen LogP contribution < -0.4 is 10.5 Å². The van der Waals surface area contributed by atoms with E-state index in [0.717, 1.165) is 80.9 Å². The second-order valence-electron chi connectivity index (χ2n) is 10.5. The number of hydrogen-bond acceptors (Lipinski definition) is 4. The van der Waals surface area contributed by atoms with E-state index < -0.39 is 0 Å². The molecule has 2 fully saturated rings. The zero-order valence-electron chi connectivity index (χ0n) is 21.7. The van der Waals surface area contributed by atoms with E-state index in [1.807, 2.05) is 0 Å². The molecule has 0 radical (unpaired) electrons. The van der Waals surface area contributed by atoms with Gasteiger partial charge in [0.25, 0.3) is 0 Å². The largest absolute Gasteiger partial charge is 0.490 e. The van der Waals surface area contributed by atoms with Gasteiger partial charge >= 0.3 is 0 Å². The molecule has 2 aromatic carbocycles. The number of nitrogens with two attached hydrogens (primary N) is 1. The zero-order valence-corrected chi connectivity index (χ0v) is 22.4. The van der Waals surface area contributed by atoms with E-state index in [2.05, 4.69) is 67.4 Å². The minimum Gasteiger partial charge on any atom is -0.490 e. The van der Waals surface area contributed by atoms with Crippen LogP contribution in [0.2, 0.25) is 5.02 Å². The average Bonchev–Trinajstić information content (AvgIpc) is 3.82.